The van der Waals surface area contributed by atoms with Crippen molar-refractivity contribution < 1.29 is 8.76 Å². The Morgan fingerprint density at radius 2 is 2.20 bits per heavy atom. The van der Waals surface area contributed by atoms with Crippen LogP contribution in [0.15, 0.2) is 0 Å². The van der Waals surface area contributed by atoms with Crippen LogP contribution in [0, 0.1) is 5.92 Å². The fourth-order valence-electron chi connectivity index (χ4n) is 0.879. The number of hydrogen-bond acceptors (Lipinski definition) is 1. The zero-order valence-corrected chi connectivity index (χ0v) is 7.49. The highest BCUT2D eigenvalue weighted by Crippen LogP contribution is 2.07. The minimum atomic E-state index is -1.60. The van der Waals surface area contributed by atoms with Crippen LogP contribution in [0.3, 0.4) is 0 Å². The molecular weight excluding hydrogens is 148 g/mol. The van der Waals surface area contributed by atoms with Crippen LogP contribution in [0.25, 0.3) is 0 Å². The van der Waals surface area contributed by atoms with Gasteiger partial charge in [-0.1, -0.05) is 26.7 Å². The molecule has 0 aliphatic heterocycles. The third-order valence-corrected chi connectivity index (χ3v) is 2.33. The van der Waals surface area contributed by atoms with E-state index in [0.717, 1.165) is 6.42 Å². The molecule has 0 bridgehead atoms. The lowest BCUT2D eigenvalue weighted by Gasteiger charge is -2.05. The second-order valence-electron chi connectivity index (χ2n) is 2.74. The van der Waals surface area contributed by atoms with Crippen LogP contribution < -0.4 is 0 Å². The van der Waals surface area contributed by atoms with Gasteiger partial charge in [0.25, 0.3) is 0 Å². The van der Waals surface area contributed by atoms with Crippen LogP contribution in [-0.4, -0.2) is 14.5 Å². The van der Waals surface area contributed by atoms with Crippen LogP contribution in [0.5, 0.6) is 0 Å². The topological polar surface area (TPSA) is 37.3 Å². The molecule has 2 atom stereocenters. The summed E-state index contributed by atoms with van der Waals surface area (Å²) in [7, 11) is 0. The quantitative estimate of drug-likeness (QED) is 0.631. The summed E-state index contributed by atoms with van der Waals surface area (Å²) < 4.78 is 18.8. The van der Waals surface area contributed by atoms with Crippen molar-refractivity contribution >= 4 is 11.1 Å². The van der Waals surface area contributed by atoms with Gasteiger partial charge in [-0.05, 0) is 12.3 Å². The minimum absolute atomic E-state index is 0.394. The summed E-state index contributed by atoms with van der Waals surface area (Å²) in [6.07, 6.45) is 3.41. The Kier molecular flexibility index (Phi) is 5.93. The highest BCUT2D eigenvalue weighted by molar-refractivity contribution is 7.79. The molecule has 0 aliphatic rings. The molecule has 1 N–H and O–H groups in total. The molecule has 0 aliphatic carbocycles. The van der Waals surface area contributed by atoms with Crippen LogP contribution in [0.1, 0.15) is 33.1 Å². The minimum Gasteiger partial charge on any atom is -0.306 e. The first-order chi connectivity index (χ1) is 4.66. The van der Waals surface area contributed by atoms with E-state index in [1.165, 1.54) is 12.8 Å². The summed E-state index contributed by atoms with van der Waals surface area (Å²) in [5, 5.41) is 0. The molecule has 0 fully saturated rings. The molecule has 10 heavy (non-hydrogen) atoms. The first kappa shape index (κ1) is 10.1. The van der Waals surface area contributed by atoms with Crippen LogP contribution in [0.2, 0.25) is 0 Å². The number of hydrogen-bond donors (Lipinski definition) is 1. The van der Waals surface area contributed by atoms with Crippen molar-refractivity contribution in [3.05, 3.63) is 0 Å². The molecule has 0 aromatic carbocycles. The van der Waals surface area contributed by atoms with Crippen molar-refractivity contribution in [3.63, 3.8) is 0 Å². The average Bonchev–Trinajstić information content (AvgIpc) is 1.82. The van der Waals surface area contributed by atoms with E-state index in [9.17, 15) is 4.21 Å². The molecule has 0 spiro atoms. The summed E-state index contributed by atoms with van der Waals surface area (Å²) in [6, 6.07) is 0. The van der Waals surface area contributed by atoms with Gasteiger partial charge in [0.2, 0.25) is 0 Å². The van der Waals surface area contributed by atoms with E-state index in [0.29, 0.717) is 11.7 Å². The van der Waals surface area contributed by atoms with E-state index in [2.05, 4.69) is 6.92 Å². The van der Waals surface area contributed by atoms with Crippen LogP contribution in [0.4, 0.5) is 0 Å². The highest BCUT2D eigenvalue weighted by Gasteiger charge is 2.03. The molecule has 2 unspecified atom stereocenters. The maximum atomic E-state index is 10.3. The Bertz CT molecular complexity index is 104. The van der Waals surface area contributed by atoms with Gasteiger partial charge in [-0.15, -0.1) is 0 Å². The third-order valence-electron chi connectivity index (χ3n) is 1.48. The molecular formula is C7H16O2S. The van der Waals surface area contributed by atoms with E-state index in [1.54, 1.807) is 0 Å². The Hall–Kier alpha value is 0.110. The zero-order chi connectivity index (χ0) is 7.98. The maximum Gasteiger partial charge on any atom is 0.153 e. The summed E-state index contributed by atoms with van der Waals surface area (Å²) >= 11 is -1.60. The van der Waals surface area contributed by atoms with Crippen molar-refractivity contribution in [3.8, 4) is 0 Å². The molecule has 62 valence electrons. The van der Waals surface area contributed by atoms with Gasteiger partial charge in [0.15, 0.2) is 11.1 Å². The third kappa shape index (κ3) is 6.23. The maximum absolute atomic E-state index is 10.3. The first-order valence-corrected chi connectivity index (χ1v) is 5.01. The highest BCUT2D eigenvalue weighted by atomic mass is 32.2. The molecule has 2 nitrogen and oxygen atoms in total. The normalized spacial score (nSPS) is 16.7. The Balaban J connectivity index is 3.25. The largest absolute Gasteiger partial charge is 0.306 e. The molecule has 0 saturated carbocycles. The van der Waals surface area contributed by atoms with Gasteiger partial charge in [-0.2, -0.15) is 0 Å². The Labute approximate surface area is 65.3 Å². The summed E-state index contributed by atoms with van der Waals surface area (Å²) in [4.78, 5) is 0. The van der Waals surface area contributed by atoms with E-state index < -0.39 is 11.1 Å². The number of unbranched alkanes of at least 4 members (excludes halogenated alkanes) is 1. The average molecular weight is 164 g/mol. The van der Waals surface area contributed by atoms with Gasteiger partial charge in [-0.25, -0.2) is 4.21 Å². The van der Waals surface area contributed by atoms with Crippen molar-refractivity contribution in [2.75, 3.05) is 5.75 Å². The monoisotopic (exact) mass is 164 g/mol. The molecule has 0 rings (SSSR count). The Morgan fingerprint density at radius 3 is 2.60 bits per heavy atom. The number of rotatable bonds is 5. The Morgan fingerprint density at radius 1 is 1.60 bits per heavy atom. The smallest absolute Gasteiger partial charge is 0.153 e. The van der Waals surface area contributed by atoms with Gasteiger partial charge < -0.3 is 4.55 Å². The van der Waals surface area contributed by atoms with Gasteiger partial charge in [0, 0.05) is 0 Å². The molecule has 0 aromatic rings. The van der Waals surface area contributed by atoms with Crippen molar-refractivity contribution in [2.24, 2.45) is 5.92 Å². The van der Waals surface area contributed by atoms with Gasteiger partial charge in [0.05, 0.1) is 5.75 Å². The summed E-state index contributed by atoms with van der Waals surface area (Å²) in [5.41, 5.74) is 0. The predicted molar refractivity (Wildman–Crippen MR) is 44.3 cm³/mol. The fraction of sp³-hybridized carbons (Fsp3) is 1.00. The van der Waals surface area contributed by atoms with Crippen LogP contribution in [-0.2, 0) is 11.1 Å². The van der Waals surface area contributed by atoms with Crippen LogP contribution >= 0.6 is 0 Å². The van der Waals surface area contributed by atoms with Gasteiger partial charge in [-0.3, -0.25) is 0 Å². The molecule has 0 saturated heterocycles. The van der Waals surface area contributed by atoms with E-state index in [4.69, 9.17) is 4.55 Å². The second-order valence-corrected chi connectivity index (χ2v) is 3.71. The lowest BCUT2D eigenvalue weighted by molar-refractivity contribution is 0.515. The van der Waals surface area contributed by atoms with Gasteiger partial charge >= 0.3 is 0 Å². The SMILES string of the molecule is CCCCC(C)CS(=O)O. The standard InChI is InChI=1S/C7H16O2S/c1-3-4-5-7(2)6-10(8)9/h7H,3-6H2,1-2H3,(H,8,9). The lowest BCUT2D eigenvalue weighted by Crippen LogP contribution is -2.06. The van der Waals surface area contributed by atoms with E-state index >= 15 is 0 Å². The molecule has 0 aromatic heterocycles. The van der Waals surface area contributed by atoms with Gasteiger partial charge in [0.1, 0.15) is 0 Å². The lowest BCUT2D eigenvalue weighted by atomic mass is 10.1. The summed E-state index contributed by atoms with van der Waals surface area (Å²) in [6.45, 7) is 4.15. The summed E-state index contributed by atoms with van der Waals surface area (Å²) in [5.74, 6) is 0.825. The first-order valence-electron chi connectivity index (χ1n) is 3.74. The molecule has 0 amide bonds. The van der Waals surface area contributed by atoms with Crippen molar-refractivity contribution in [1.29, 1.82) is 0 Å². The zero-order valence-electron chi connectivity index (χ0n) is 6.67. The second kappa shape index (κ2) is 5.86. The van der Waals surface area contributed by atoms with Crippen molar-refractivity contribution in [2.45, 2.75) is 33.1 Å². The van der Waals surface area contributed by atoms with E-state index in [-0.39, 0.29) is 0 Å². The molecule has 0 heterocycles. The molecule has 3 heteroatoms. The predicted octanol–water partition coefficient (Wildman–Crippen LogP) is 2.03. The van der Waals surface area contributed by atoms with Crippen molar-refractivity contribution in [1.82, 2.24) is 0 Å². The molecule has 0 radical (unpaired) electrons. The van der Waals surface area contributed by atoms with E-state index in [1.807, 2.05) is 6.92 Å². The fourth-order valence-corrected chi connectivity index (χ4v) is 1.53.